The molecule has 1 aliphatic heterocycles. The van der Waals surface area contributed by atoms with Gasteiger partial charge in [0.05, 0.1) is 6.04 Å². The van der Waals surface area contributed by atoms with Crippen molar-refractivity contribution in [2.24, 2.45) is 0 Å². The molecule has 1 fully saturated rings. The van der Waals surface area contributed by atoms with Crippen molar-refractivity contribution in [2.45, 2.75) is 39.7 Å². The molecule has 32 heavy (non-hydrogen) atoms. The molecule has 5 rings (SSSR count). The molecule has 164 valence electrons. The van der Waals surface area contributed by atoms with E-state index in [0.717, 1.165) is 68.5 Å². The summed E-state index contributed by atoms with van der Waals surface area (Å²) in [6, 6.07) is 8.03. The largest absolute Gasteiger partial charge is 0.315 e. The highest BCUT2D eigenvalue weighted by Crippen LogP contribution is 2.35. The average Bonchev–Trinajstić information content (AvgIpc) is 3.41. The fourth-order valence-corrected chi connectivity index (χ4v) is 5.98. The minimum atomic E-state index is 0.00166. The van der Waals surface area contributed by atoms with Crippen molar-refractivity contribution in [1.82, 2.24) is 20.5 Å². The summed E-state index contributed by atoms with van der Waals surface area (Å²) in [6.07, 6.45) is 3.82. The Labute approximate surface area is 195 Å². The van der Waals surface area contributed by atoms with Crippen LogP contribution in [0.3, 0.4) is 0 Å². The Kier molecular flexibility index (Phi) is 5.75. The second-order valence-corrected chi connectivity index (χ2v) is 10.4. The molecule has 1 N–H and O–H groups in total. The first-order valence-electron chi connectivity index (χ1n) is 10.8. The van der Waals surface area contributed by atoms with Crippen LogP contribution in [0.4, 0.5) is 5.82 Å². The Morgan fingerprint density at radius 1 is 1.16 bits per heavy atom. The van der Waals surface area contributed by atoms with Crippen LogP contribution in [0.5, 0.6) is 0 Å². The molecule has 1 aliphatic rings. The zero-order valence-electron chi connectivity index (χ0n) is 18.4. The number of nitrogens with one attached hydrogen (secondary N) is 1. The second kappa shape index (κ2) is 8.69. The van der Waals surface area contributed by atoms with Crippen molar-refractivity contribution >= 4 is 44.5 Å². The molecule has 0 saturated carbocycles. The van der Waals surface area contributed by atoms with E-state index in [4.69, 9.17) is 4.98 Å². The van der Waals surface area contributed by atoms with Crippen LogP contribution in [0.2, 0.25) is 0 Å². The van der Waals surface area contributed by atoms with Gasteiger partial charge in [-0.3, -0.25) is 9.69 Å². The summed E-state index contributed by atoms with van der Waals surface area (Å²) in [4.78, 5) is 20.7. The van der Waals surface area contributed by atoms with Crippen LogP contribution in [0.15, 0.2) is 35.8 Å². The molecule has 8 heteroatoms. The Morgan fingerprint density at radius 3 is 2.75 bits per heavy atom. The fraction of sp³-hybridized carbons (Fsp3) is 0.333. The molecule has 3 aromatic heterocycles. The van der Waals surface area contributed by atoms with E-state index in [1.807, 2.05) is 49.2 Å². The number of pyridine rings is 1. The van der Waals surface area contributed by atoms with Gasteiger partial charge in [0, 0.05) is 34.0 Å². The Hall–Kier alpha value is -2.68. The van der Waals surface area contributed by atoms with Crippen LogP contribution in [-0.2, 0) is 0 Å². The number of benzene rings is 1. The monoisotopic (exact) mass is 463 g/mol. The lowest BCUT2D eigenvalue weighted by Crippen LogP contribution is -2.49. The molecule has 4 aromatic rings. The molecule has 1 amide bonds. The smallest absolute Gasteiger partial charge is 0.260 e. The van der Waals surface area contributed by atoms with Crippen molar-refractivity contribution in [1.29, 1.82) is 0 Å². The maximum atomic E-state index is 14.0. The molecule has 0 unspecified atom stereocenters. The minimum Gasteiger partial charge on any atom is -0.315 e. The third-order valence-electron chi connectivity index (χ3n) is 5.96. The number of aryl methyl sites for hydroxylation is 3. The first-order chi connectivity index (χ1) is 15.5. The van der Waals surface area contributed by atoms with E-state index in [-0.39, 0.29) is 11.9 Å². The number of fused-ring (bicyclic) bond motifs is 1. The van der Waals surface area contributed by atoms with Gasteiger partial charge < -0.3 is 5.32 Å². The van der Waals surface area contributed by atoms with Crippen LogP contribution in [0, 0.1) is 20.8 Å². The van der Waals surface area contributed by atoms with Crippen molar-refractivity contribution in [3.63, 3.8) is 0 Å². The van der Waals surface area contributed by atoms with Crippen LogP contribution < -0.4 is 10.2 Å². The van der Waals surface area contributed by atoms with Gasteiger partial charge in [-0.2, -0.15) is 0 Å². The van der Waals surface area contributed by atoms with Crippen LogP contribution >= 0.6 is 22.7 Å². The standard InChI is InChI=1S/C24H25N5OS2/c1-14-11-17(23-28-27-16(3)32-23)6-7-19(14)24(30)29(18-5-4-9-25-12-18)22-21-15(2)13-31-20(21)8-10-26-22/h6-8,10-11,13,18,25H,4-5,9,12H2,1-3H3/t18-/m1/s1. The molecule has 4 heterocycles. The lowest BCUT2D eigenvalue weighted by molar-refractivity contribution is 0.0971. The zero-order valence-corrected chi connectivity index (χ0v) is 20.0. The molecular weight excluding hydrogens is 438 g/mol. The average molecular weight is 464 g/mol. The number of carbonyl (C=O) groups is 1. The van der Waals surface area contributed by atoms with Gasteiger partial charge in [0.2, 0.25) is 0 Å². The van der Waals surface area contributed by atoms with Crippen LogP contribution in [0.1, 0.15) is 39.3 Å². The molecule has 1 atom stereocenters. The van der Waals surface area contributed by atoms with Gasteiger partial charge in [-0.1, -0.05) is 17.4 Å². The molecular formula is C24H25N5OS2. The van der Waals surface area contributed by atoms with Crippen LogP contribution in [-0.4, -0.2) is 40.2 Å². The third kappa shape index (κ3) is 3.83. The van der Waals surface area contributed by atoms with E-state index in [1.54, 1.807) is 22.7 Å². The van der Waals surface area contributed by atoms with Gasteiger partial charge in [-0.05, 0) is 74.9 Å². The van der Waals surface area contributed by atoms with E-state index in [9.17, 15) is 4.79 Å². The van der Waals surface area contributed by atoms with Gasteiger partial charge in [-0.25, -0.2) is 4.98 Å². The summed E-state index contributed by atoms with van der Waals surface area (Å²) >= 11 is 3.26. The highest BCUT2D eigenvalue weighted by atomic mass is 32.1. The molecule has 0 spiro atoms. The Balaban J connectivity index is 1.59. The van der Waals surface area contributed by atoms with Crippen molar-refractivity contribution in [3.05, 3.63) is 57.5 Å². The number of hydrogen-bond donors (Lipinski definition) is 1. The van der Waals surface area contributed by atoms with Crippen molar-refractivity contribution in [3.8, 4) is 10.6 Å². The normalized spacial score (nSPS) is 16.4. The molecule has 6 nitrogen and oxygen atoms in total. The minimum absolute atomic E-state index is 0.00166. The van der Waals surface area contributed by atoms with E-state index in [1.165, 1.54) is 0 Å². The number of thiophene rings is 1. The quantitative estimate of drug-likeness (QED) is 0.454. The number of piperidine rings is 1. The maximum Gasteiger partial charge on any atom is 0.260 e. The zero-order chi connectivity index (χ0) is 22.2. The maximum absolute atomic E-state index is 14.0. The lowest BCUT2D eigenvalue weighted by atomic mass is 10.00. The number of rotatable bonds is 4. The summed E-state index contributed by atoms with van der Waals surface area (Å²) < 4.78 is 1.16. The lowest BCUT2D eigenvalue weighted by Gasteiger charge is -2.35. The summed E-state index contributed by atoms with van der Waals surface area (Å²) in [7, 11) is 0. The summed E-state index contributed by atoms with van der Waals surface area (Å²) in [6.45, 7) is 7.79. The predicted octanol–water partition coefficient (Wildman–Crippen LogP) is 5.14. The number of nitrogens with zero attached hydrogens (tertiary/aromatic N) is 4. The molecule has 1 saturated heterocycles. The van der Waals surface area contributed by atoms with E-state index < -0.39 is 0 Å². The van der Waals surface area contributed by atoms with Gasteiger partial charge >= 0.3 is 0 Å². The number of anilines is 1. The van der Waals surface area contributed by atoms with Gasteiger partial charge in [-0.15, -0.1) is 21.5 Å². The van der Waals surface area contributed by atoms with Crippen molar-refractivity contribution < 1.29 is 4.79 Å². The molecule has 1 aromatic carbocycles. The van der Waals surface area contributed by atoms with Gasteiger partial charge in [0.15, 0.2) is 0 Å². The van der Waals surface area contributed by atoms with E-state index in [2.05, 4.69) is 27.8 Å². The topological polar surface area (TPSA) is 71.0 Å². The third-order valence-corrected chi connectivity index (χ3v) is 7.92. The van der Waals surface area contributed by atoms with Crippen molar-refractivity contribution in [2.75, 3.05) is 18.0 Å². The first kappa shape index (κ1) is 21.2. The SMILES string of the molecule is Cc1nnc(-c2ccc(C(=O)N(c3nccc4scc(C)c34)[C@@H]3CCCNC3)c(C)c2)s1. The van der Waals surface area contributed by atoms with Gasteiger partial charge in [0.25, 0.3) is 5.91 Å². The Bertz CT molecular complexity index is 1290. The molecule has 0 bridgehead atoms. The molecule has 0 aliphatic carbocycles. The molecule has 0 radical (unpaired) electrons. The first-order valence-corrected chi connectivity index (χ1v) is 12.5. The number of hydrogen-bond acceptors (Lipinski definition) is 7. The Morgan fingerprint density at radius 2 is 2.03 bits per heavy atom. The number of aromatic nitrogens is 3. The second-order valence-electron chi connectivity index (χ2n) is 8.26. The summed E-state index contributed by atoms with van der Waals surface area (Å²) in [5.41, 5.74) is 3.79. The predicted molar refractivity (Wildman–Crippen MR) is 132 cm³/mol. The highest BCUT2D eigenvalue weighted by molar-refractivity contribution is 7.17. The van der Waals surface area contributed by atoms with Gasteiger partial charge in [0.1, 0.15) is 15.8 Å². The van der Waals surface area contributed by atoms with Crippen LogP contribution in [0.25, 0.3) is 20.7 Å². The fourth-order valence-electron chi connectivity index (χ4n) is 4.36. The number of carbonyl (C=O) groups excluding carboxylic acids is 1. The number of amides is 1. The van der Waals surface area contributed by atoms with E-state index >= 15 is 0 Å². The summed E-state index contributed by atoms with van der Waals surface area (Å²) in [5, 5.41) is 16.9. The van der Waals surface area contributed by atoms with E-state index in [0.29, 0.717) is 5.56 Å². The summed E-state index contributed by atoms with van der Waals surface area (Å²) in [5.74, 6) is 0.768. The highest BCUT2D eigenvalue weighted by Gasteiger charge is 2.31.